The molecule has 0 atom stereocenters. The van der Waals surface area contributed by atoms with E-state index in [0.29, 0.717) is 42.7 Å². The summed E-state index contributed by atoms with van der Waals surface area (Å²) in [6.45, 7) is 1.10. The molecule has 0 fully saturated rings. The van der Waals surface area contributed by atoms with Crippen molar-refractivity contribution in [3.8, 4) is 11.5 Å². The van der Waals surface area contributed by atoms with Crippen molar-refractivity contribution in [2.24, 2.45) is 0 Å². The van der Waals surface area contributed by atoms with Crippen LogP contribution in [0.15, 0.2) is 48.7 Å². The van der Waals surface area contributed by atoms with E-state index in [1.54, 1.807) is 44.3 Å². The molecule has 1 aromatic heterocycles. The van der Waals surface area contributed by atoms with E-state index in [2.05, 4.69) is 15.7 Å². The van der Waals surface area contributed by atoms with E-state index in [0.717, 1.165) is 5.56 Å². The van der Waals surface area contributed by atoms with E-state index < -0.39 is 10.8 Å². The van der Waals surface area contributed by atoms with Gasteiger partial charge < -0.3 is 24.8 Å². The minimum absolute atomic E-state index is 0.144. The number of nitro benzene ring substituents is 1. The highest BCUT2D eigenvalue weighted by atomic mass is 16.6. The molecule has 0 aliphatic heterocycles. The molecule has 174 valence electrons. The first kappa shape index (κ1) is 23.5. The number of rotatable bonds is 11. The fraction of sp³-hybridized carbons (Fsp3) is 0.273. The fourth-order valence-corrected chi connectivity index (χ4v) is 3.25. The van der Waals surface area contributed by atoms with Gasteiger partial charge in [0.15, 0.2) is 11.5 Å². The standard InChI is InChI=1S/C22H25N5O6/c1-31-12-11-23-17-8-7-15(13-18(17)27(29)30)22(28)25-20-9-10-24-26(20)14-16-5-4-6-19(32-2)21(16)33-3/h4-10,13,23H,11-12,14H2,1-3H3,(H,25,28). The minimum Gasteiger partial charge on any atom is -0.493 e. The lowest BCUT2D eigenvalue weighted by Crippen LogP contribution is -2.17. The van der Waals surface area contributed by atoms with Gasteiger partial charge in [0.25, 0.3) is 11.6 Å². The predicted octanol–water partition coefficient (Wildman–Crippen LogP) is 3.17. The third-order valence-corrected chi connectivity index (χ3v) is 4.84. The van der Waals surface area contributed by atoms with Crippen LogP contribution < -0.4 is 20.1 Å². The topological polar surface area (TPSA) is 130 Å². The van der Waals surface area contributed by atoms with Crippen LogP contribution in [0.5, 0.6) is 11.5 Å². The Morgan fingerprint density at radius 1 is 1.15 bits per heavy atom. The summed E-state index contributed by atoms with van der Waals surface area (Å²) in [6.07, 6.45) is 1.55. The molecule has 0 aliphatic carbocycles. The molecule has 0 unspecified atom stereocenters. The van der Waals surface area contributed by atoms with Crippen molar-refractivity contribution in [2.45, 2.75) is 6.54 Å². The molecule has 2 N–H and O–H groups in total. The van der Waals surface area contributed by atoms with Crippen LogP contribution >= 0.6 is 0 Å². The Morgan fingerprint density at radius 3 is 2.67 bits per heavy atom. The van der Waals surface area contributed by atoms with Gasteiger partial charge in [0.1, 0.15) is 11.5 Å². The predicted molar refractivity (Wildman–Crippen MR) is 122 cm³/mol. The third-order valence-electron chi connectivity index (χ3n) is 4.84. The zero-order valence-electron chi connectivity index (χ0n) is 18.5. The maximum Gasteiger partial charge on any atom is 0.293 e. The molecular formula is C22H25N5O6. The first-order valence-electron chi connectivity index (χ1n) is 10.0. The Morgan fingerprint density at radius 2 is 1.97 bits per heavy atom. The number of benzene rings is 2. The lowest BCUT2D eigenvalue weighted by atomic mass is 10.1. The number of carbonyl (C=O) groups is 1. The molecule has 33 heavy (non-hydrogen) atoms. The molecule has 0 radical (unpaired) electrons. The normalized spacial score (nSPS) is 10.5. The minimum atomic E-state index is -0.536. The average molecular weight is 455 g/mol. The quantitative estimate of drug-likeness (QED) is 0.256. The van der Waals surface area contributed by atoms with Gasteiger partial charge in [-0.15, -0.1) is 0 Å². The highest BCUT2D eigenvalue weighted by Crippen LogP contribution is 2.31. The summed E-state index contributed by atoms with van der Waals surface area (Å²) in [6, 6.07) is 11.4. The summed E-state index contributed by atoms with van der Waals surface area (Å²) in [5.74, 6) is 1.08. The maximum absolute atomic E-state index is 12.8. The first-order valence-corrected chi connectivity index (χ1v) is 10.0. The van der Waals surface area contributed by atoms with Gasteiger partial charge in [-0.25, -0.2) is 4.68 Å². The van der Waals surface area contributed by atoms with Crippen LogP contribution in [0.2, 0.25) is 0 Å². The SMILES string of the molecule is COCCNc1ccc(C(=O)Nc2ccnn2Cc2cccc(OC)c2OC)cc1[N+](=O)[O-]. The summed E-state index contributed by atoms with van der Waals surface area (Å²) in [5, 5.41) is 21.4. The number of aromatic nitrogens is 2. The van der Waals surface area contributed by atoms with Crippen LogP contribution in [0, 0.1) is 10.1 Å². The third kappa shape index (κ3) is 5.57. The molecule has 3 aromatic rings. The van der Waals surface area contributed by atoms with Crippen molar-refractivity contribution in [2.75, 3.05) is 45.1 Å². The molecule has 2 aromatic carbocycles. The van der Waals surface area contributed by atoms with E-state index in [4.69, 9.17) is 14.2 Å². The number of nitrogens with one attached hydrogen (secondary N) is 2. The van der Waals surface area contributed by atoms with Crippen molar-refractivity contribution in [3.05, 3.63) is 69.9 Å². The molecule has 11 nitrogen and oxygen atoms in total. The number of amides is 1. The van der Waals surface area contributed by atoms with E-state index in [9.17, 15) is 14.9 Å². The first-order chi connectivity index (χ1) is 16.0. The highest BCUT2D eigenvalue weighted by molar-refractivity contribution is 6.04. The molecule has 0 aliphatic rings. The number of anilines is 2. The summed E-state index contributed by atoms with van der Waals surface area (Å²) in [5.41, 5.74) is 1.06. The molecule has 11 heteroatoms. The lowest BCUT2D eigenvalue weighted by molar-refractivity contribution is -0.384. The summed E-state index contributed by atoms with van der Waals surface area (Å²) < 4.78 is 17.3. The fourth-order valence-electron chi connectivity index (χ4n) is 3.25. The van der Waals surface area contributed by atoms with Crippen LogP contribution in [0.25, 0.3) is 0 Å². The van der Waals surface area contributed by atoms with Gasteiger partial charge in [-0.05, 0) is 18.2 Å². The van der Waals surface area contributed by atoms with Crippen molar-refractivity contribution in [1.82, 2.24) is 9.78 Å². The number of hydrogen-bond donors (Lipinski definition) is 2. The van der Waals surface area contributed by atoms with Gasteiger partial charge in [0.2, 0.25) is 0 Å². The molecule has 1 amide bonds. The van der Waals surface area contributed by atoms with Gasteiger partial charge in [-0.2, -0.15) is 5.10 Å². The number of ether oxygens (including phenoxy) is 3. The molecular weight excluding hydrogens is 430 g/mol. The van der Waals surface area contributed by atoms with Gasteiger partial charge >= 0.3 is 0 Å². The number of nitrogens with zero attached hydrogens (tertiary/aromatic N) is 3. The molecule has 0 bridgehead atoms. The Kier molecular flexibility index (Phi) is 7.82. The van der Waals surface area contributed by atoms with Crippen molar-refractivity contribution < 1.29 is 23.9 Å². The molecule has 0 spiro atoms. The number of methoxy groups -OCH3 is 3. The van der Waals surface area contributed by atoms with Gasteiger partial charge in [-0.3, -0.25) is 14.9 Å². The van der Waals surface area contributed by atoms with Crippen molar-refractivity contribution in [1.29, 1.82) is 0 Å². The van der Waals surface area contributed by atoms with Gasteiger partial charge in [0.05, 0.1) is 38.5 Å². The van der Waals surface area contributed by atoms with Crippen LogP contribution in [-0.2, 0) is 11.3 Å². The molecule has 3 rings (SSSR count). The largest absolute Gasteiger partial charge is 0.493 e. The van der Waals surface area contributed by atoms with E-state index in [1.165, 1.54) is 18.2 Å². The second-order valence-corrected chi connectivity index (χ2v) is 6.89. The second kappa shape index (κ2) is 11.0. The van der Waals surface area contributed by atoms with Gasteiger partial charge in [0, 0.05) is 36.9 Å². The van der Waals surface area contributed by atoms with E-state index in [1.807, 2.05) is 12.1 Å². The Balaban J connectivity index is 1.79. The smallest absolute Gasteiger partial charge is 0.293 e. The summed E-state index contributed by atoms with van der Waals surface area (Å²) in [4.78, 5) is 23.8. The molecule has 0 saturated carbocycles. The summed E-state index contributed by atoms with van der Waals surface area (Å²) in [7, 11) is 4.64. The van der Waals surface area contributed by atoms with Crippen molar-refractivity contribution >= 4 is 23.1 Å². The van der Waals surface area contributed by atoms with Gasteiger partial charge in [-0.1, -0.05) is 12.1 Å². The van der Waals surface area contributed by atoms with Crippen molar-refractivity contribution in [3.63, 3.8) is 0 Å². The monoisotopic (exact) mass is 455 g/mol. The second-order valence-electron chi connectivity index (χ2n) is 6.89. The Labute approximate surface area is 190 Å². The number of hydrogen-bond acceptors (Lipinski definition) is 8. The maximum atomic E-state index is 12.8. The van der Waals surface area contributed by atoms with Crippen LogP contribution in [-0.4, -0.2) is 55.1 Å². The number of para-hydroxylation sites is 1. The molecule has 0 saturated heterocycles. The van der Waals surface area contributed by atoms with Crippen LogP contribution in [0.3, 0.4) is 0 Å². The zero-order chi connectivity index (χ0) is 23.8. The number of nitro groups is 1. The zero-order valence-corrected chi connectivity index (χ0v) is 18.5. The van der Waals surface area contributed by atoms with E-state index in [-0.39, 0.29) is 11.3 Å². The van der Waals surface area contributed by atoms with E-state index >= 15 is 0 Å². The lowest BCUT2D eigenvalue weighted by Gasteiger charge is -2.14. The Bertz CT molecular complexity index is 1130. The highest BCUT2D eigenvalue weighted by Gasteiger charge is 2.19. The molecule has 1 heterocycles. The van der Waals surface area contributed by atoms with Crippen LogP contribution in [0.1, 0.15) is 15.9 Å². The summed E-state index contributed by atoms with van der Waals surface area (Å²) >= 11 is 0. The number of carbonyl (C=O) groups excluding carboxylic acids is 1. The van der Waals surface area contributed by atoms with Crippen LogP contribution in [0.4, 0.5) is 17.2 Å². The average Bonchev–Trinajstić information content (AvgIpc) is 3.25. The Hall–Kier alpha value is -4.12.